The predicted octanol–water partition coefficient (Wildman–Crippen LogP) is 3.60. The number of nitrogens with two attached hydrogens (primary N) is 1. The first kappa shape index (κ1) is 13.5. The average Bonchev–Trinajstić information content (AvgIpc) is 2.76. The first-order chi connectivity index (χ1) is 10.1. The molecule has 4 nitrogen and oxygen atoms in total. The van der Waals surface area contributed by atoms with Crippen LogP contribution in [0.3, 0.4) is 0 Å². The second kappa shape index (κ2) is 5.13. The Kier molecular flexibility index (Phi) is 3.29. The molecule has 2 heterocycles. The lowest BCUT2D eigenvalue weighted by Gasteiger charge is -2.06. The van der Waals surface area contributed by atoms with Crippen LogP contribution in [0.1, 0.15) is 18.2 Å². The van der Waals surface area contributed by atoms with Crippen LogP contribution in [-0.4, -0.2) is 16.0 Å². The molecule has 0 aliphatic rings. The predicted molar refractivity (Wildman–Crippen MR) is 85.7 cm³/mol. The zero-order valence-corrected chi connectivity index (χ0v) is 12.6. The molecule has 2 N–H and O–H groups in total. The molecular weight excluding hydrogens is 262 g/mol. The number of nitrogen functional groups attached to an aromatic ring is 1. The van der Waals surface area contributed by atoms with E-state index in [2.05, 4.69) is 18.0 Å². The van der Waals surface area contributed by atoms with Gasteiger partial charge in [0.2, 0.25) is 0 Å². The van der Waals surface area contributed by atoms with Gasteiger partial charge in [-0.2, -0.15) is 0 Å². The first-order valence-electron chi connectivity index (χ1n) is 7.08. The van der Waals surface area contributed by atoms with Gasteiger partial charge in [-0.1, -0.05) is 12.1 Å². The zero-order valence-electron chi connectivity index (χ0n) is 12.6. The van der Waals surface area contributed by atoms with Gasteiger partial charge in [-0.05, 0) is 50.6 Å². The van der Waals surface area contributed by atoms with Crippen molar-refractivity contribution >= 4 is 11.5 Å². The number of hydrogen-bond donors (Lipinski definition) is 1. The summed E-state index contributed by atoms with van der Waals surface area (Å²) in [6.45, 7) is 6.71. The minimum absolute atomic E-state index is 0.641. The highest BCUT2D eigenvalue weighted by Gasteiger charge is 2.13. The van der Waals surface area contributed by atoms with Crippen LogP contribution in [0.4, 0.5) is 5.82 Å². The highest BCUT2D eigenvalue weighted by Crippen LogP contribution is 2.30. The van der Waals surface area contributed by atoms with Gasteiger partial charge in [0.25, 0.3) is 0 Å². The van der Waals surface area contributed by atoms with Gasteiger partial charge in [0.1, 0.15) is 22.9 Å². The van der Waals surface area contributed by atoms with Crippen molar-refractivity contribution in [1.82, 2.24) is 9.38 Å². The fourth-order valence-electron chi connectivity index (χ4n) is 2.67. The van der Waals surface area contributed by atoms with E-state index in [1.165, 1.54) is 5.56 Å². The molecule has 0 aliphatic carbocycles. The Bertz CT molecular complexity index is 805. The van der Waals surface area contributed by atoms with Crippen LogP contribution in [0.15, 0.2) is 36.4 Å². The van der Waals surface area contributed by atoms with Crippen molar-refractivity contribution in [2.24, 2.45) is 0 Å². The number of aromatic nitrogens is 2. The van der Waals surface area contributed by atoms with E-state index >= 15 is 0 Å². The van der Waals surface area contributed by atoms with E-state index in [0.29, 0.717) is 12.4 Å². The zero-order chi connectivity index (χ0) is 15.0. The van der Waals surface area contributed by atoms with E-state index in [0.717, 1.165) is 28.3 Å². The van der Waals surface area contributed by atoms with Gasteiger partial charge in [0.15, 0.2) is 0 Å². The van der Waals surface area contributed by atoms with Crippen LogP contribution in [0, 0.1) is 13.8 Å². The summed E-state index contributed by atoms with van der Waals surface area (Å²) in [6, 6.07) is 12.0. The molecule has 4 heteroatoms. The lowest BCUT2D eigenvalue weighted by molar-refractivity contribution is 0.340. The quantitative estimate of drug-likeness (QED) is 0.798. The second-order valence-electron chi connectivity index (χ2n) is 5.17. The summed E-state index contributed by atoms with van der Waals surface area (Å²) in [4.78, 5) is 4.69. The molecule has 108 valence electrons. The van der Waals surface area contributed by atoms with Crippen LogP contribution in [0.5, 0.6) is 5.75 Å². The van der Waals surface area contributed by atoms with Crippen LogP contribution in [0.25, 0.3) is 16.9 Å². The number of pyridine rings is 1. The standard InChI is InChI=1S/C17H19N3O/c1-4-21-14-7-5-6-13(10-14)16-17(18)20-12(3)8-11(2)9-15(20)19-16/h5-10H,4,18H2,1-3H3. The summed E-state index contributed by atoms with van der Waals surface area (Å²) in [6.07, 6.45) is 0. The van der Waals surface area contributed by atoms with Gasteiger partial charge in [0.05, 0.1) is 6.61 Å². The van der Waals surface area contributed by atoms with Gasteiger partial charge in [-0.15, -0.1) is 0 Å². The van der Waals surface area contributed by atoms with E-state index in [9.17, 15) is 0 Å². The molecule has 0 saturated heterocycles. The van der Waals surface area contributed by atoms with Crippen LogP contribution < -0.4 is 10.5 Å². The molecule has 1 aromatic carbocycles. The SMILES string of the molecule is CCOc1cccc(-c2nc3cc(C)cc(C)n3c2N)c1. The maximum atomic E-state index is 6.31. The molecule has 0 saturated carbocycles. The molecule has 2 aromatic heterocycles. The lowest BCUT2D eigenvalue weighted by atomic mass is 10.1. The van der Waals surface area contributed by atoms with E-state index in [-0.39, 0.29) is 0 Å². The van der Waals surface area contributed by atoms with Crippen molar-refractivity contribution in [3.05, 3.63) is 47.7 Å². The Morgan fingerprint density at radius 1 is 1.19 bits per heavy atom. The Hall–Kier alpha value is -2.49. The fourth-order valence-corrected chi connectivity index (χ4v) is 2.67. The number of hydrogen-bond acceptors (Lipinski definition) is 3. The molecule has 3 aromatic rings. The van der Waals surface area contributed by atoms with Crippen LogP contribution in [-0.2, 0) is 0 Å². The summed E-state index contributed by atoms with van der Waals surface area (Å²) in [5, 5.41) is 0. The molecule has 0 radical (unpaired) electrons. The second-order valence-corrected chi connectivity index (χ2v) is 5.17. The highest BCUT2D eigenvalue weighted by atomic mass is 16.5. The number of benzene rings is 1. The third-order valence-corrected chi connectivity index (χ3v) is 3.50. The average molecular weight is 281 g/mol. The van der Waals surface area contributed by atoms with E-state index in [4.69, 9.17) is 10.5 Å². The Morgan fingerprint density at radius 3 is 2.76 bits per heavy atom. The van der Waals surface area contributed by atoms with Gasteiger partial charge < -0.3 is 10.5 Å². The first-order valence-corrected chi connectivity index (χ1v) is 7.08. The number of anilines is 1. The smallest absolute Gasteiger partial charge is 0.139 e. The van der Waals surface area contributed by atoms with Gasteiger partial charge in [-0.25, -0.2) is 4.98 Å². The van der Waals surface area contributed by atoms with Gasteiger partial charge >= 0.3 is 0 Å². The van der Waals surface area contributed by atoms with Crippen molar-refractivity contribution in [3.8, 4) is 17.0 Å². The molecule has 3 rings (SSSR count). The Labute approximate surface area is 124 Å². The topological polar surface area (TPSA) is 52.5 Å². The molecule has 0 unspecified atom stereocenters. The van der Waals surface area contributed by atoms with Crippen molar-refractivity contribution in [1.29, 1.82) is 0 Å². The molecule has 21 heavy (non-hydrogen) atoms. The van der Waals surface area contributed by atoms with Crippen molar-refractivity contribution < 1.29 is 4.74 Å². The number of rotatable bonds is 3. The van der Waals surface area contributed by atoms with Gasteiger partial charge in [0, 0.05) is 11.3 Å². The number of fused-ring (bicyclic) bond motifs is 1. The van der Waals surface area contributed by atoms with Crippen molar-refractivity contribution in [2.45, 2.75) is 20.8 Å². The number of aryl methyl sites for hydroxylation is 2. The number of nitrogens with zero attached hydrogens (tertiary/aromatic N) is 2. The monoisotopic (exact) mass is 281 g/mol. The summed E-state index contributed by atoms with van der Waals surface area (Å²) < 4.78 is 7.53. The normalized spacial score (nSPS) is 11.0. The molecule has 0 aliphatic heterocycles. The maximum Gasteiger partial charge on any atom is 0.139 e. The third kappa shape index (κ3) is 2.33. The minimum atomic E-state index is 0.641. The van der Waals surface area contributed by atoms with Gasteiger partial charge in [-0.3, -0.25) is 4.40 Å². The minimum Gasteiger partial charge on any atom is -0.494 e. The lowest BCUT2D eigenvalue weighted by Crippen LogP contribution is -1.98. The molecule has 0 fully saturated rings. The summed E-state index contributed by atoms with van der Waals surface area (Å²) >= 11 is 0. The summed E-state index contributed by atoms with van der Waals surface area (Å²) in [5.41, 5.74) is 11.2. The fraction of sp³-hybridized carbons (Fsp3) is 0.235. The number of ether oxygens (including phenoxy) is 1. The van der Waals surface area contributed by atoms with E-state index in [1.807, 2.05) is 48.6 Å². The van der Waals surface area contributed by atoms with E-state index in [1.54, 1.807) is 0 Å². The summed E-state index contributed by atoms with van der Waals surface area (Å²) in [7, 11) is 0. The van der Waals surface area contributed by atoms with Crippen molar-refractivity contribution in [2.75, 3.05) is 12.3 Å². The molecule has 0 bridgehead atoms. The maximum absolute atomic E-state index is 6.31. The molecule has 0 amide bonds. The Morgan fingerprint density at radius 2 is 2.00 bits per heavy atom. The molecule has 0 spiro atoms. The third-order valence-electron chi connectivity index (χ3n) is 3.50. The number of imidazole rings is 1. The molecular formula is C17H19N3O. The van der Waals surface area contributed by atoms with Crippen LogP contribution >= 0.6 is 0 Å². The Balaban J connectivity index is 2.19. The summed E-state index contributed by atoms with van der Waals surface area (Å²) in [5.74, 6) is 1.50. The van der Waals surface area contributed by atoms with Crippen molar-refractivity contribution in [3.63, 3.8) is 0 Å². The van der Waals surface area contributed by atoms with Crippen LogP contribution in [0.2, 0.25) is 0 Å². The highest BCUT2D eigenvalue weighted by molar-refractivity contribution is 5.76. The van der Waals surface area contributed by atoms with E-state index < -0.39 is 0 Å². The largest absolute Gasteiger partial charge is 0.494 e. The molecule has 0 atom stereocenters.